The van der Waals surface area contributed by atoms with Gasteiger partial charge in [0.05, 0.1) is 17.7 Å². The molecule has 0 spiro atoms. The Hall–Kier alpha value is -2.11. The fourth-order valence-corrected chi connectivity index (χ4v) is 1.83. The summed E-state index contributed by atoms with van der Waals surface area (Å²) in [5, 5.41) is 13.4. The molecule has 0 radical (unpaired) electrons. The van der Waals surface area contributed by atoms with E-state index in [-0.39, 0.29) is 11.6 Å². The number of nitrogens with zero attached hydrogens (tertiary/aromatic N) is 1. The Balaban J connectivity index is 2.67. The van der Waals surface area contributed by atoms with Crippen LogP contribution in [0.15, 0.2) is 18.2 Å². The lowest BCUT2D eigenvalue weighted by Gasteiger charge is -2.09. The zero-order valence-electron chi connectivity index (χ0n) is 11.8. The molecule has 6 nitrogen and oxygen atoms in total. The summed E-state index contributed by atoms with van der Waals surface area (Å²) >= 11 is 0. The summed E-state index contributed by atoms with van der Waals surface area (Å²) in [6.07, 6.45) is 4.45. The minimum Gasteiger partial charge on any atom is -0.495 e. The number of benzene rings is 1. The lowest BCUT2D eigenvalue weighted by molar-refractivity contribution is -0.384. The third-order valence-electron chi connectivity index (χ3n) is 2.93. The number of non-ortho nitro benzene ring substituents is 1. The third-order valence-corrected chi connectivity index (χ3v) is 2.93. The van der Waals surface area contributed by atoms with Gasteiger partial charge >= 0.3 is 0 Å². The number of carbonyl (C=O) groups is 1. The number of ether oxygens (including phenoxy) is 1. The Bertz CT molecular complexity index is 474. The second kappa shape index (κ2) is 8.14. The van der Waals surface area contributed by atoms with E-state index in [4.69, 9.17) is 4.74 Å². The molecule has 0 saturated heterocycles. The van der Waals surface area contributed by atoms with Crippen molar-refractivity contribution in [2.75, 3.05) is 12.4 Å². The number of nitro groups is 1. The summed E-state index contributed by atoms with van der Waals surface area (Å²) in [6.45, 7) is 2.11. The second-order valence-corrected chi connectivity index (χ2v) is 4.50. The van der Waals surface area contributed by atoms with Gasteiger partial charge < -0.3 is 10.1 Å². The monoisotopic (exact) mass is 280 g/mol. The van der Waals surface area contributed by atoms with Crippen molar-refractivity contribution in [3.63, 3.8) is 0 Å². The molecule has 0 fully saturated rings. The number of amides is 1. The molecular weight excluding hydrogens is 260 g/mol. The van der Waals surface area contributed by atoms with Gasteiger partial charge in [-0.2, -0.15) is 0 Å². The van der Waals surface area contributed by atoms with E-state index in [2.05, 4.69) is 12.2 Å². The Morgan fingerprint density at radius 1 is 1.35 bits per heavy atom. The molecule has 110 valence electrons. The molecule has 1 amide bonds. The maximum atomic E-state index is 11.8. The fraction of sp³-hybridized carbons (Fsp3) is 0.500. The van der Waals surface area contributed by atoms with Crippen molar-refractivity contribution < 1.29 is 14.5 Å². The van der Waals surface area contributed by atoms with Crippen molar-refractivity contribution in [3.8, 4) is 5.75 Å². The molecule has 0 unspecified atom stereocenters. The minimum atomic E-state index is -0.504. The van der Waals surface area contributed by atoms with Crippen LogP contribution in [0.1, 0.15) is 39.0 Å². The maximum Gasteiger partial charge on any atom is 0.271 e. The lowest BCUT2D eigenvalue weighted by atomic mass is 10.1. The van der Waals surface area contributed by atoms with E-state index in [1.54, 1.807) is 0 Å². The van der Waals surface area contributed by atoms with Crippen LogP contribution in [0.3, 0.4) is 0 Å². The Labute approximate surface area is 118 Å². The predicted octanol–water partition coefficient (Wildman–Crippen LogP) is 3.51. The standard InChI is InChI=1S/C14H20N2O4/c1-3-4-5-6-7-14(17)15-12-10-11(16(18)19)8-9-13(12)20-2/h8-10H,3-7H2,1-2H3,(H,15,17). The van der Waals surface area contributed by atoms with Gasteiger partial charge in [-0.25, -0.2) is 0 Å². The summed E-state index contributed by atoms with van der Waals surface area (Å²) in [5.74, 6) is 0.261. The topological polar surface area (TPSA) is 81.5 Å². The molecule has 0 aliphatic rings. The van der Waals surface area contributed by atoms with Crippen LogP contribution < -0.4 is 10.1 Å². The highest BCUT2D eigenvalue weighted by Gasteiger charge is 2.13. The summed E-state index contributed by atoms with van der Waals surface area (Å²) in [7, 11) is 1.46. The number of nitro benzene ring substituents is 1. The fourth-order valence-electron chi connectivity index (χ4n) is 1.83. The van der Waals surface area contributed by atoms with Crippen molar-refractivity contribution in [2.24, 2.45) is 0 Å². The Morgan fingerprint density at radius 2 is 2.10 bits per heavy atom. The molecule has 0 atom stereocenters. The van der Waals surface area contributed by atoms with E-state index in [9.17, 15) is 14.9 Å². The number of methoxy groups -OCH3 is 1. The largest absolute Gasteiger partial charge is 0.495 e. The molecule has 0 aliphatic heterocycles. The van der Waals surface area contributed by atoms with Crippen LogP contribution in [0.25, 0.3) is 0 Å². The van der Waals surface area contributed by atoms with E-state index in [1.807, 2.05) is 0 Å². The van der Waals surface area contributed by atoms with Crippen LogP contribution in [-0.2, 0) is 4.79 Å². The SMILES string of the molecule is CCCCCCC(=O)Nc1cc([N+](=O)[O-])ccc1OC. The van der Waals surface area contributed by atoms with Gasteiger partial charge in [-0.1, -0.05) is 26.2 Å². The molecule has 0 saturated carbocycles. The van der Waals surface area contributed by atoms with Crippen LogP contribution in [0, 0.1) is 10.1 Å². The summed E-state index contributed by atoms with van der Waals surface area (Å²) in [6, 6.07) is 4.13. The van der Waals surface area contributed by atoms with Crippen molar-refractivity contribution in [1.29, 1.82) is 0 Å². The Morgan fingerprint density at radius 3 is 2.70 bits per heavy atom. The third kappa shape index (κ3) is 4.87. The first-order valence-corrected chi connectivity index (χ1v) is 6.70. The van der Waals surface area contributed by atoms with Crippen LogP contribution >= 0.6 is 0 Å². The first-order valence-electron chi connectivity index (χ1n) is 6.70. The van der Waals surface area contributed by atoms with E-state index >= 15 is 0 Å². The van der Waals surface area contributed by atoms with Crippen LogP contribution in [-0.4, -0.2) is 17.9 Å². The van der Waals surface area contributed by atoms with E-state index in [0.29, 0.717) is 17.9 Å². The predicted molar refractivity (Wildman–Crippen MR) is 77.0 cm³/mol. The zero-order valence-corrected chi connectivity index (χ0v) is 11.8. The highest BCUT2D eigenvalue weighted by atomic mass is 16.6. The first-order chi connectivity index (χ1) is 9.58. The summed E-state index contributed by atoms with van der Waals surface area (Å²) in [4.78, 5) is 22.0. The number of hydrogen-bond donors (Lipinski definition) is 1. The highest BCUT2D eigenvalue weighted by Crippen LogP contribution is 2.29. The number of unbranched alkanes of at least 4 members (excludes halogenated alkanes) is 3. The number of nitrogens with one attached hydrogen (secondary N) is 1. The molecule has 1 N–H and O–H groups in total. The summed E-state index contributed by atoms with van der Waals surface area (Å²) in [5.41, 5.74) is 0.259. The van der Waals surface area contributed by atoms with Crippen molar-refractivity contribution >= 4 is 17.3 Å². The zero-order chi connectivity index (χ0) is 15.0. The van der Waals surface area contributed by atoms with Gasteiger partial charge in [0.2, 0.25) is 5.91 Å². The van der Waals surface area contributed by atoms with Gasteiger partial charge in [-0.05, 0) is 12.5 Å². The van der Waals surface area contributed by atoms with Crippen molar-refractivity contribution in [1.82, 2.24) is 0 Å². The average Bonchev–Trinajstić information content (AvgIpc) is 2.43. The second-order valence-electron chi connectivity index (χ2n) is 4.50. The minimum absolute atomic E-state index is 0.0768. The van der Waals surface area contributed by atoms with Gasteiger partial charge in [0.25, 0.3) is 5.69 Å². The van der Waals surface area contributed by atoms with Gasteiger partial charge in [0.15, 0.2) is 0 Å². The quantitative estimate of drug-likeness (QED) is 0.449. The Kier molecular flexibility index (Phi) is 6.49. The van der Waals surface area contributed by atoms with E-state index < -0.39 is 4.92 Å². The number of anilines is 1. The molecule has 1 aromatic rings. The number of hydrogen-bond acceptors (Lipinski definition) is 4. The van der Waals surface area contributed by atoms with Gasteiger partial charge in [-0.3, -0.25) is 14.9 Å². The molecule has 1 rings (SSSR count). The van der Waals surface area contributed by atoms with Crippen molar-refractivity contribution in [2.45, 2.75) is 39.0 Å². The maximum absolute atomic E-state index is 11.8. The number of carbonyl (C=O) groups excluding carboxylic acids is 1. The van der Waals surface area contributed by atoms with E-state index in [1.165, 1.54) is 25.3 Å². The molecule has 1 aromatic carbocycles. The molecule has 0 aliphatic carbocycles. The first kappa shape index (κ1) is 15.9. The normalized spacial score (nSPS) is 10.1. The molecule has 0 bridgehead atoms. The molecular formula is C14H20N2O4. The van der Waals surface area contributed by atoms with Gasteiger partial charge in [-0.15, -0.1) is 0 Å². The van der Waals surface area contributed by atoms with Gasteiger partial charge in [0.1, 0.15) is 5.75 Å². The van der Waals surface area contributed by atoms with Crippen LogP contribution in [0.5, 0.6) is 5.75 Å². The molecule has 20 heavy (non-hydrogen) atoms. The van der Waals surface area contributed by atoms with Gasteiger partial charge in [0, 0.05) is 18.6 Å². The average molecular weight is 280 g/mol. The van der Waals surface area contributed by atoms with Crippen LogP contribution in [0.4, 0.5) is 11.4 Å². The summed E-state index contributed by atoms with van der Waals surface area (Å²) < 4.78 is 5.09. The smallest absolute Gasteiger partial charge is 0.271 e. The van der Waals surface area contributed by atoms with Crippen molar-refractivity contribution in [3.05, 3.63) is 28.3 Å². The number of rotatable bonds is 8. The molecule has 6 heteroatoms. The molecule has 0 aromatic heterocycles. The lowest BCUT2D eigenvalue weighted by Crippen LogP contribution is -2.12. The highest BCUT2D eigenvalue weighted by molar-refractivity contribution is 5.92. The molecule has 0 heterocycles. The van der Waals surface area contributed by atoms with E-state index in [0.717, 1.165) is 25.7 Å². The van der Waals surface area contributed by atoms with Crippen LogP contribution in [0.2, 0.25) is 0 Å².